The topological polar surface area (TPSA) is 87.2 Å². The van der Waals surface area contributed by atoms with Gasteiger partial charge in [0.2, 0.25) is 0 Å². The Kier molecular flexibility index (Phi) is 8.33. The van der Waals surface area contributed by atoms with E-state index in [2.05, 4.69) is 0 Å². The van der Waals surface area contributed by atoms with Crippen molar-refractivity contribution in [2.24, 2.45) is 5.73 Å². The molecule has 14 heavy (non-hydrogen) atoms. The van der Waals surface area contributed by atoms with E-state index in [4.69, 9.17) is 16.2 Å². The molecular weight excluding hydrogens is 263 g/mol. The Balaban J connectivity index is 3.21. The molecule has 0 amide bonds. The molecule has 0 aliphatic heterocycles. The van der Waals surface area contributed by atoms with Crippen LogP contribution in [0.4, 0.5) is 0 Å². The van der Waals surface area contributed by atoms with Crippen molar-refractivity contribution in [3.63, 3.8) is 0 Å². The molecule has 0 aromatic heterocycles. The van der Waals surface area contributed by atoms with Gasteiger partial charge in [0.25, 0.3) is 0 Å². The average Bonchev–Trinajstić information content (AvgIpc) is 2.09. The molecule has 0 aromatic carbocycles. The number of nitrogens with one attached hydrogen (secondary N) is 1. The molecule has 0 heterocycles. The van der Waals surface area contributed by atoms with Gasteiger partial charge < -0.3 is 0 Å². The van der Waals surface area contributed by atoms with Crippen molar-refractivity contribution in [2.75, 3.05) is 11.5 Å². The Hall–Kier alpha value is 0.00844. The molecule has 4 N–H and O–H groups in total. The second kappa shape index (κ2) is 8.33. The standard InChI is InChI=1S/C8H17AsN2O2S/c1-6(10)9-3-5-14-4-2-7(11)8(12)13/h7,9-10H,2-5,11H2,1H3,(H,12,13)/t7-/m1/s1. The van der Waals surface area contributed by atoms with Crippen LogP contribution in [0.2, 0.25) is 5.21 Å². The van der Waals surface area contributed by atoms with Crippen LogP contribution in [0.1, 0.15) is 13.3 Å². The van der Waals surface area contributed by atoms with Crippen LogP contribution in [0, 0.1) is 5.41 Å². The summed E-state index contributed by atoms with van der Waals surface area (Å²) < 4.78 is 0.827. The summed E-state index contributed by atoms with van der Waals surface area (Å²) in [6, 6.07) is -0.719. The van der Waals surface area contributed by atoms with Crippen LogP contribution in [-0.2, 0) is 4.79 Å². The van der Waals surface area contributed by atoms with Gasteiger partial charge in [0.05, 0.1) is 0 Å². The molecule has 0 aliphatic rings. The van der Waals surface area contributed by atoms with Crippen molar-refractivity contribution in [3.05, 3.63) is 0 Å². The normalized spacial score (nSPS) is 13.3. The van der Waals surface area contributed by atoms with Gasteiger partial charge in [-0.05, 0) is 0 Å². The van der Waals surface area contributed by atoms with Crippen molar-refractivity contribution in [1.29, 1.82) is 5.41 Å². The van der Waals surface area contributed by atoms with E-state index in [1.165, 1.54) is 0 Å². The third-order valence-corrected chi connectivity index (χ3v) is 5.47. The number of carboxylic acid groups (broad SMARTS) is 1. The summed E-state index contributed by atoms with van der Waals surface area (Å²) in [5, 5.41) is 16.9. The number of nitrogens with two attached hydrogens (primary N) is 1. The van der Waals surface area contributed by atoms with Gasteiger partial charge >= 0.3 is 95.1 Å². The molecular formula is C8H17AsN2O2S. The van der Waals surface area contributed by atoms with E-state index in [0.29, 0.717) is 6.42 Å². The molecule has 0 saturated heterocycles. The number of carboxylic acids is 1. The molecule has 0 aromatic rings. The van der Waals surface area contributed by atoms with Gasteiger partial charge in [0, 0.05) is 0 Å². The quantitative estimate of drug-likeness (QED) is 0.341. The first-order chi connectivity index (χ1) is 6.54. The van der Waals surface area contributed by atoms with Crippen LogP contribution >= 0.6 is 11.8 Å². The molecule has 82 valence electrons. The van der Waals surface area contributed by atoms with E-state index >= 15 is 0 Å². The molecule has 0 bridgehead atoms. The van der Waals surface area contributed by atoms with Gasteiger partial charge in [-0.2, -0.15) is 0 Å². The molecule has 6 heteroatoms. The van der Waals surface area contributed by atoms with Gasteiger partial charge in [0.15, 0.2) is 0 Å². The fraction of sp³-hybridized carbons (Fsp3) is 0.750. The first kappa shape index (κ1) is 14.0. The second-order valence-corrected chi connectivity index (χ2v) is 7.49. The number of thioether (sulfide) groups is 1. The van der Waals surface area contributed by atoms with Crippen LogP contribution in [-0.4, -0.2) is 48.9 Å². The fourth-order valence-corrected chi connectivity index (χ4v) is 3.96. The second-order valence-electron chi connectivity index (χ2n) is 2.90. The SMILES string of the molecule is CC(=N)[AsH]CCSCC[C@@H](N)C(=O)O. The zero-order valence-electron chi connectivity index (χ0n) is 8.25. The molecule has 2 atom stereocenters. The van der Waals surface area contributed by atoms with E-state index in [-0.39, 0.29) is 15.8 Å². The van der Waals surface area contributed by atoms with Crippen molar-refractivity contribution < 1.29 is 9.90 Å². The molecule has 1 unspecified atom stereocenters. The zero-order chi connectivity index (χ0) is 11.0. The van der Waals surface area contributed by atoms with Crippen molar-refractivity contribution in [3.8, 4) is 0 Å². The molecule has 0 rings (SSSR count). The van der Waals surface area contributed by atoms with Crippen LogP contribution in [0.25, 0.3) is 0 Å². The Labute approximate surface area is 95.2 Å². The van der Waals surface area contributed by atoms with E-state index in [1.54, 1.807) is 11.8 Å². The van der Waals surface area contributed by atoms with Crippen molar-refractivity contribution >= 4 is 38.0 Å². The summed E-state index contributed by atoms with van der Waals surface area (Å²) in [5.74, 6) is 0.911. The molecule has 0 aliphatic carbocycles. The van der Waals surface area contributed by atoms with Gasteiger partial charge in [-0.15, -0.1) is 0 Å². The summed E-state index contributed by atoms with van der Waals surface area (Å²) in [6.07, 6.45) is 0.531. The van der Waals surface area contributed by atoms with Crippen LogP contribution in [0.15, 0.2) is 0 Å². The van der Waals surface area contributed by atoms with Gasteiger partial charge in [0.1, 0.15) is 0 Å². The molecule has 0 spiro atoms. The van der Waals surface area contributed by atoms with Crippen molar-refractivity contribution in [2.45, 2.75) is 24.6 Å². The van der Waals surface area contributed by atoms with E-state index in [1.807, 2.05) is 6.92 Å². The van der Waals surface area contributed by atoms with Crippen LogP contribution in [0.3, 0.4) is 0 Å². The minimum atomic E-state index is -0.922. The maximum atomic E-state index is 10.4. The molecule has 4 nitrogen and oxygen atoms in total. The summed E-state index contributed by atoms with van der Waals surface area (Å²) in [5.41, 5.74) is 5.34. The Morgan fingerprint density at radius 2 is 2.29 bits per heavy atom. The summed E-state index contributed by atoms with van der Waals surface area (Å²) >= 11 is 1.54. The third-order valence-electron chi connectivity index (χ3n) is 1.53. The first-order valence-corrected chi connectivity index (χ1v) is 8.08. The minimum absolute atomic E-state index is 0.189. The zero-order valence-corrected chi connectivity index (χ0v) is 11.2. The van der Waals surface area contributed by atoms with Crippen LogP contribution in [0.5, 0.6) is 0 Å². The molecule has 0 saturated carbocycles. The first-order valence-electron chi connectivity index (χ1n) is 4.39. The number of rotatable bonds is 8. The molecule has 0 fully saturated rings. The number of carbonyl (C=O) groups is 1. The van der Waals surface area contributed by atoms with E-state index < -0.39 is 12.0 Å². The van der Waals surface area contributed by atoms with Gasteiger partial charge in [-0.1, -0.05) is 0 Å². The fourth-order valence-electron chi connectivity index (χ4n) is 0.747. The summed E-state index contributed by atoms with van der Waals surface area (Å²) in [6.45, 7) is 1.85. The Morgan fingerprint density at radius 3 is 2.79 bits per heavy atom. The van der Waals surface area contributed by atoms with Gasteiger partial charge in [-0.3, -0.25) is 0 Å². The van der Waals surface area contributed by atoms with Gasteiger partial charge in [-0.25, -0.2) is 0 Å². The predicted octanol–water partition coefficient (Wildman–Crippen LogP) is 0.374. The summed E-state index contributed by atoms with van der Waals surface area (Å²) in [7, 11) is 0. The number of aliphatic carboxylic acids is 1. The monoisotopic (exact) mass is 280 g/mol. The Bertz CT molecular complexity index is 202. The van der Waals surface area contributed by atoms with E-state index in [9.17, 15) is 4.79 Å². The molecule has 0 radical (unpaired) electrons. The Morgan fingerprint density at radius 1 is 1.64 bits per heavy atom. The third kappa shape index (κ3) is 8.60. The van der Waals surface area contributed by atoms with Crippen LogP contribution < -0.4 is 5.73 Å². The maximum absolute atomic E-state index is 10.4. The van der Waals surface area contributed by atoms with E-state index in [0.717, 1.165) is 21.2 Å². The number of hydrogen-bond donors (Lipinski definition) is 3. The number of hydrogen-bond acceptors (Lipinski definition) is 4. The van der Waals surface area contributed by atoms with Crippen molar-refractivity contribution in [1.82, 2.24) is 0 Å². The predicted molar refractivity (Wildman–Crippen MR) is 62.9 cm³/mol. The summed E-state index contributed by atoms with van der Waals surface area (Å²) in [4.78, 5) is 10.4. The average molecular weight is 280 g/mol.